The molecule has 0 aliphatic heterocycles. The van der Waals surface area contributed by atoms with Crippen molar-refractivity contribution in [2.24, 2.45) is 0 Å². The number of rotatable bonds is 2. The van der Waals surface area contributed by atoms with Crippen LogP contribution in [0.15, 0.2) is 0 Å². The van der Waals surface area contributed by atoms with Crippen LogP contribution >= 0.6 is 0 Å². The Bertz CT molecular complexity index is 405. The summed E-state index contributed by atoms with van der Waals surface area (Å²) in [5.74, 6) is -9.83. The second kappa shape index (κ2) is 4.24. The fourth-order valence-electron chi connectivity index (χ4n) is 0.784. The minimum Gasteiger partial charge on any atom is -0.430 e. The molecule has 0 saturated heterocycles. The first kappa shape index (κ1) is 11.4. The predicted molar refractivity (Wildman–Crippen MR) is 36.5 cm³/mol. The monoisotopic (exact) mass is 225 g/mol. The molecule has 1 radical (unpaired) electrons. The molecule has 0 N–H and O–H groups in total. The Hall–Kier alpha value is -1.66. The molecule has 0 aromatic heterocycles. The van der Waals surface area contributed by atoms with Gasteiger partial charge in [-0.1, -0.05) is 0 Å². The lowest BCUT2D eigenvalue weighted by atomic mass is 10.2. The molecule has 0 fully saturated rings. The smallest absolute Gasteiger partial charge is 0.344 e. The van der Waals surface area contributed by atoms with Crippen molar-refractivity contribution in [2.45, 2.75) is 0 Å². The normalized spacial score (nSPS) is 10.2. The Labute approximate surface area is 80.3 Å². The molecule has 15 heavy (non-hydrogen) atoms. The molecule has 7 heteroatoms. The number of carbonyl (C=O) groups excluding carboxylic acids is 1. The SMILES string of the molecule is O=C(OCF)c1[c]c(F)c(F)c(F)c1F. The van der Waals surface area contributed by atoms with E-state index < -0.39 is 41.7 Å². The quantitative estimate of drug-likeness (QED) is 0.333. The molecule has 0 heterocycles. The number of ether oxygens (including phenoxy) is 1. The van der Waals surface area contributed by atoms with Crippen LogP contribution in [0.4, 0.5) is 22.0 Å². The summed E-state index contributed by atoms with van der Waals surface area (Å²) in [5, 5.41) is 0. The summed E-state index contributed by atoms with van der Waals surface area (Å²) in [7, 11) is 0. The molecule has 0 spiro atoms. The molecule has 1 aromatic rings. The van der Waals surface area contributed by atoms with Crippen LogP contribution in [0.5, 0.6) is 0 Å². The summed E-state index contributed by atoms with van der Waals surface area (Å²) < 4.78 is 65.3. The molecule has 0 unspecified atom stereocenters. The maximum atomic E-state index is 12.8. The van der Waals surface area contributed by atoms with E-state index in [4.69, 9.17) is 0 Å². The van der Waals surface area contributed by atoms with Crippen LogP contribution in [0.2, 0.25) is 0 Å². The highest BCUT2D eigenvalue weighted by Crippen LogP contribution is 2.18. The highest BCUT2D eigenvalue weighted by Gasteiger charge is 2.24. The number of carbonyl (C=O) groups is 1. The first-order valence-corrected chi connectivity index (χ1v) is 3.47. The summed E-state index contributed by atoms with van der Waals surface area (Å²) in [6, 6.07) is 1.27. The van der Waals surface area contributed by atoms with E-state index in [1.54, 1.807) is 0 Å². The summed E-state index contributed by atoms with van der Waals surface area (Å²) in [6.45, 7) is -1.60. The van der Waals surface area contributed by atoms with Crippen LogP contribution in [-0.4, -0.2) is 12.8 Å². The summed E-state index contributed by atoms with van der Waals surface area (Å²) in [4.78, 5) is 10.7. The Morgan fingerprint density at radius 2 is 1.73 bits per heavy atom. The van der Waals surface area contributed by atoms with Gasteiger partial charge < -0.3 is 4.74 Å². The molecule has 0 aliphatic rings. The van der Waals surface area contributed by atoms with Gasteiger partial charge in [0.15, 0.2) is 23.3 Å². The molecular formula is C8H2F5O2. The average molecular weight is 225 g/mol. The predicted octanol–water partition coefficient (Wildman–Crippen LogP) is 2.13. The number of hydrogen-bond donors (Lipinski definition) is 0. The molecule has 0 bridgehead atoms. The van der Waals surface area contributed by atoms with Gasteiger partial charge in [-0.3, -0.25) is 0 Å². The lowest BCUT2D eigenvalue weighted by molar-refractivity contribution is 0.0316. The van der Waals surface area contributed by atoms with E-state index in [1.165, 1.54) is 6.07 Å². The van der Waals surface area contributed by atoms with Crippen molar-refractivity contribution in [3.63, 3.8) is 0 Å². The molecule has 0 saturated carbocycles. The molecule has 1 aromatic carbocycles. The first-order valence-electron chi connectivity index (χ1n) is 3.47. The van der Waals surface area contributed by atoms with Crippen molar-refractivity contribution >= 4 is 5.97 Å². The van der Waals surface area contributed by atoms with Crippen LogP contribution in [0, 0.1) is 29.3 Å². The Morgan fingerprint density at radius 3 is 2.27 bits per heavy atom. The van der Waals surface area contributed by atoms with Crippen molar-refractivity contribution in [3.8, 4) is 0 Å². The zero-order chi connectivity index (χ0) is 11.6. The maximum absolute atomic E-state index is 12.8. The van der Waals surface area contributed by atoms with E-state index in [-0.39, 0.29) is 0 Å². The minimum atomic E-state index is -2.18. The number of hydrogen-bond acceptors (Lipinski definition) is 2. The van der Waals surface area contributed by atoms with Gasteiger partial charge in [0.05, 0.1) is 0 Å². The molecule has 0 atom stereocenters. The largest absolute Gasteiger partial charge is 0.430 e. The molecule has 2 nitrogen and oxygen atoms in total. The minimum absolute atomic E-state index is 1.27. The van der Waals surface area contributed by atoms with Crippen molar-refractivity contribution < 1.29 is 31.5 Å². The van der Waals surface area contributed by atoms with Crippen molar-refractivity contribution in [3.05, 3.63) is 34.9 Å². The molecule has 1 rings (SSSR count). The van der Waals surface area contributed by atoms with E-state index in [2.05, 4.69) is 4.74 Å². The lowest BCUT2D eigenvalue weighted by Gasteiger charge is -2.03. The van der Waals surface area contributed by atoms with Gasteiger partial charge in [0.25, 0.3) is 0 Å². The van der Waals surface area contributed by atoms with Gasteiger partial charge in [-0.15, -0.1) is 0 Å². The second-order valence-electron chi connectivity index (χ2n) is 2.30. The highest BCUT2D eigenvalue weighted by atomic mass is 19.2. The zero-order valence-corrected chi connectivity index (χ0v) is 6.91. The highest BCUT2D eigenvalue weighted by molar-refractivity contribution is 5.89. The van der Waals surface area contributed by atoms with Gasteiger partial charge in [0.2, 0.25) is 6.86 Å². The Balaban J connectivity index is 3.26. The number of benzene rings is 1. The molecule has 81 valence electrons. The van der Waals surface area contributed by atoms with E-state index in [1.807, 2.05) is 0 Å². The maximum Gasteiger partial charge on any atom is 0.344 e. The topological polar surface area (TPSA) is 26.3 Å². The van der Waals surface area contributed by atoms with Crippen LogP contribution in [-0.2, 0) is 4.74 Å². The van der Waals surface area contributed by atoms with Crippen molar-refractivity contribution in [2.75, 3.05) is 6.86 Å². The Morgan fingerprint density at radius 1 is 1.13 bits per heavy atom. The van der Waals surface area contributed by atoms with Crippen LogP contribution in [0.3, 0.4) is 0 Å². The summed E-state index contributed by atoms with van der Waals surface area (Å²) in [6.07, 6.45) is 0. The first-order chi connectivity index (χ1) is 6.99. The number of alkyl halides is 1. The summed E-state index contributed by atoms with van der Waals surface area (Å²) in [5.41, 5.74) is -1.33. The van der Waals surface area contributed by atoms with Gasteiger partial charge in [0, 0.05) is 6.07 Å². The number of halogens is 5. The van der Waals surface area contributed by atoms with Crippen LogP contribution in [0.1, 0.15) is 10.4 Å². The lowest BCUT2D eigenvalue weighted by Crippen LogP contribution is -2.11. The van der Waals surface area contributed by atoms with Crippen molar-refractivity contribution in [1.82, 2.24) is 0 Å². The fraction of sp³-hybridized carbons (Fsp3) is 0.125. The van der Waals surface area contributed by atoms with E-state index >= 15 is 0 Å². The van der Waals surface area contributed by atoms with E-state index in [9.17, 15) is 26.7 Å². The van der Waals surface area contributed by atoms with Gasteiger partial charge >= 0.3 is 5.97 Å². The molecule has 0 aliphatic carbocycles. The van der Waals surface area contributed by atoms with E-state index in [0.717, 1.165) is 0 Å². The third-order valence-corrected chi connectivity index (χ3v) is 1.42. The third-order valence-electron chi connectivity index (χ3n) is 1.42. The van der Waals surface area contributed by atoms with Crippen LogP contribution < -0.4 is 0 Å². The van der Waals surface area contributed by atoms with Gasteiger partial charge in [0.1, 0.15) is 5.56 Å². The fourth-order valence-corrected chi connectivity index (χ4v) is 0.784. The average Bonchev–Trinajstić information content (AvgIpc) is 2.20. The third kappa shape index (κ3) is 2.05. The number of esters is 1. The molecular weight excluding hydrogens is 223 g/mol. The second-order valence-corrected chi connectivity index (χ2v) is 2.30. The van der Waals surface area contributed by atoms with Gasteiger partial charge in [-0.05, 0) is 0 Å². The van der Waals surface area contributed by atoms with E-state index in [0.29, 0.717) is 0 Å². The zero-order valence-electron chi connectivity index (χ0n) is 6.91. The molecule has 0 amide bonds. The van der Waals surface area contributed by atoms with Crippen molar-refractivity contribution in [1.29, 1.82) is 0 Å². The Kier molecular flexibility index (Phi) is 3.23. The van der Waals surface area contributed by atoms with Gasteiger partial charge in [-0.2, -0.15) is 0 Å². The van der Waals surface area contributed by atoms with Gasteiger partial charge in [-0.25, -0.2) is 26.7 Å². The van der Waals surface area contributed by atoms with Crippen LogP contribution in [0.25, 0.3) is 0 Å². The standard InChI is InChI=1S/C8H2F5O2/c9-2-15-8(14)3-1-4(10)6(12)7(13)5(3)11/h2H2. The summed E-state index contributed by atoms with van der Waals surface area (Å²) >= 11 is 0.